The topological polar surface area (TPSA) is 90.1 Å². The molecule has 136 valence electrons. The van der Waals surface area contributed by atoms with Crippen LogP contribution in [-0.2, 0) is 11.2 Å². The van der Waals surface area contributed by atoms with E-state index < -0.39 is 4.92 Å². The van der Waals surface area contributed by atoms with Crippen LogP contribution in [0.2, 0.25) is 0 Å². The molecule has 7 nitrogen and oxygen atoms in total. The Morgan fingerprint density at radius 3 is 2.59 bits per heavy atom. The normalized spacial score (nSPS) is 10.8. The van der Waals surface area contributed by atoms with E-state index in [1.165, 1.54) is 18.2 Å². The number of hydrogen-bond acceptors (Lipinski definition) is 4. The van der Waals surface area contributed by atoms with E-state index in [9.17, 15) is 14.9 Å². The van der Waals surface area contributed by atoms with Gasteiger partial charge < -0.3 is 5.32 Å². The van der Waals surface area contributed by atoms with Gasteiger partial charge in [0.05, 0.1) is 16.8 Å². The zero-order chi connectivity index (χ0) is 19.1. The van der Waals surface area contributed by atoms with Gasteiger partial charge in [0.1, 0.15) is 0 Å². The average Bonchev–Trinajstić information content (AvgIpc) is 3.16. The number of nitrogens with zero attached hydrogens (tertiary/aromatic N) is 3. The van der Waals surface area contributed by atoms with Gasteiger partial charge in [-0.3, -0.25) is 14.9 Å². The van der Waals surface area contributed by atoms with Crippen LogP contribution in [0.1, 0.15) is 11.1 Å². The van der Waals surface area contributed by atoms with Gasteiger partial charge in [0, 0.05) is 31.0 Å². The lowest BCUT2D eigenvalue weighted by Gasteiger charge is -2.01. The van der Waals surface area contributed by atoms with E-state index in [4.69, 9.17) is 0 Å². The summed E-state index contributed by atoms with van der Waals surface area (Å²) in [6, 6.07) is 15.8. The first-order valence-electron chi connectivity index (χ1n) is 8.41. The average molecular weight is 362 g/mol. The van der Waals surface area contributed by atoms with Gasteiger partial charge in [-0.2, -0.15) is 5.10 Å². The Hall–Kier alpha value is -3.74. The van der Waals surface area contributed by atoms with Gasteiger partial charge in [0.25, 0.3) is 5.69 Å². The smallest absolute Gasteiger partial charge is 0.269 e. The zero-order valence-electron chi connectivity index (χ0n) is 14.5. The molecule has 0 radical (unpaired) electrons. The molecule has 0 aliphatic heterocycles. The van der Waals surface area contributed by atoms with Gasteiger partial charge in [0.15, 0.2) is 0 Å². The number of rotatable bonds is 7. The second kappa shape index (κ2) is 8.57. The van der Waals surface area contributed by atoms with Gasteiger partial charge in [-0.05, 0) is 47.9 Å². The minimum atomic E-state index is -0.458. The van der Waals surface area contributed by atoms with Crippen LogP contribution in [0.15, 0.2) is 73.1 Å². The first kappa shape index (κ1) is 18.1. The Morgan fingerprint density at radius 1 is 1.15 bits per heavy atom. The molecule has 1 N–H and O–H groups in total. The molecule has 0 saturated heterocycles. The molecule has 0 spiro atoms. The maximum Gasteiger partial charge on any atom is 0.269 e. The number of amides is 1. The minimum Gasteiger partial charge on any atom is -0.352 e. The van der Waals surface area contributed by atoms with Crippen molar-refractivity contribution >= 4 is 17.7 Å². The van der Waals surface area contributed by atoms with Gasteiger partial charge in [-0.25, -0.2) is 4.68 Å². The fourth-order valence-electron chi connectivity index (χ4n) is 2.48. The summed E-state index contributed by atoms with van der Waals surface area (Å²) in [5, 5.41) is 17.7. The maximum absolute atomic E-state index is 11.9. The summed E-state index contributed by atoms with van der Waals surface area (Å²) < 4.78 is 1.80. The zero-order valence-corrected chi connectivity index (χ0v) is 14.5. The first-order chi connectivity index (χ1) is 13.1. The fourth-order valence-corrected chi connectivity index (χ4v) is 2.48. The standard InChI is InChI=1S/C20H18N4O3/c25-20(11-8-16-6-9-19(10-7-16)24(26)27)21-13-12-17-14-22-23(15-17)18-4-2-1-3-5-18/h1-11,14-15H,12-13H2,(H,21,25)/b11-8+. The number of benzene rings is 2. The summed E-state index contributed by atoms with van der Waals surface area (Å²) in [5.74, 6) is -0.219. The van der Waals surface area contributed by atoms with E-state index in [-0.39, 0.29) is 11.6 Å². The highest BCUT2D eigenvalue weighted by molar-refractivity contribution is 5.91. The third kappa shape index (κ3) is 5.12. The highest BCUT2D eigenvalue weighted by atomic mass is 16.6. The molecule has 0 fully saturated rings. The molecule has 0 saturated carbocycles. The Kier molecular flexibility index (Phi) is 5.73. The SMILES string of the molecule is O=C(/C=C/c1ccc([N+](=O)[O-])cc1)NCCc1cnn(-c2ccccc2)c1. The van der Waals surface area contributed by atoms with Gasteiger partial charge in [0.2, 0.25) is 5.91 Å². The molecule has 0 unspecified atom stereocenters. The molecule has 0 bridgehead atoms. The lowest BCUT2D eigenvalue weighted by Crippen LogP contribution is -2.23. The van der Waals surface area contributed by atoms with E-state index in [1.807, 2.05) is 36.5 Å². The molecule has 2 aromatic carbocycles. The molecule has 1 heterocycles. The summed E-state index contributed by atoms with van der Waals surface area (Å²) in [7, 11) is 0. The third-order valence-electron chi connectivity index (χ3n) is 3.90. The van der Waals surface area contributed by atoms with Crippen molar-refractivity contribution in [2.75, 3.05) is 6.54 Å². The monoisotopic (exact) mass is 362 g/mol. The molecule has 1 amide bonds. The predicted octanol–water partition coefficient (Wildman–Crippen LogP) is 3.15. The summed E-state index contributed by atoms with van der Waals surface area (Å²) >= 11 is 0. The summed E-state index contributed by atoms with van der Waals surface area (Å²) in [6.07, 6.45) is 7.42. The van der Waals surface area contributed by atoms with Crippen molar-refractivity contribution < 1.29 is 9.72 Å². The quantitative estimate of drug-likeness (QED) is 0.397. The number of non-ortho nitro benzene ring substituents is 1. The van der Waals surface area contributed by atoms with Gasteiger partial charge in [-0.1, -0.05) is 18.2 Å². The molecule has 3 aromatic rings. The number of aromatic nitrogens is 2. The summed E-state index contributed by atoms with van der Waals surface area (Å²) in [6.45, 7) is 0.490. The van der Waals surface area contributed by atoms with Crippen molar-refractivity contribution in [2.24, 2.45) is 0 Å². The Morgan fingerprint density at radius 2 is 1.89 bits per heavy atom. The lowest BCUT2D eigenvalue weighted by molar-refractivity contribution is -0.384. The molecule has 0 aliphatic rings. The molecule has 0 aliphatic carbocycles. The Labute approximate surface area is 156 Å². The van der Waals surface area contributed by atoms with Crippen molar-refractivity contribution in [3.05, 3.63) is 94.3 Å². The highest BCUT2D eigenvalue weighted by Crippen LogP contribution is 2.12. The second-order valence-corrected chi connectivity index (χ2v) is 5.85. The summed E-state index contributed by atoms with van der Waals surface area (Å²) in [4.78, 5) is 22.0. The van der Waals surface area contributed by atoms with Crippen LogP contribution in [0.25, 0.3) is 11.8 Å². The largest absolute Gasteiger partial charge is 0.352 e. The van der Waals surface area contributed by atoms with Gasteiger partial charge in [-0.15, -0.1) is 0 Å². The number of carbonyl (C=O) groups excluding carboxylic acids is 1. The first-order valence-corrected chi connectivity index (χ1v) is 8.41. The molecule has 3 rings (SSSR count). The van der Waals surface area contributed by atoms with Gasteiger partial charge >= 0.3 is 0 Å². The van der Waals surface area contributed by atoms with E-state index >= 15 is 0 Å². The summed E-state index contributed by atoms with van der Waals surface area (Å²) in [5.41, 5.74) is 2.75. The molecular formula is C20H18N4O3. The van der Waals surface area contributed by atoms with Crippen LogP contribution in [0.3, 0.4) is 0 Å². The maximum atomic E-state index is 11.9. The molecule has 1 aromatic heterocycles. The third-order valence-corrected chi connectivity index (χ3v) is 3.90. The van der Waals surface area contributed by atoms with E-state index in [2.05, 4.69) is 10.4 Å². The van der Waals surface area contributed by atoms with Crippen LogP contribution in [0.5, 0.6) is 0 Å². The van der Waals surface area contributed by atoms with E-state index in [0.717, 1.165) is 16.8 Å². The van der Waals surface area contributed by atoms with Crippen LogP contribution >= 0.6 is 0 Å². The van der Waals surface area contributed by atoms with E-state index in [0.29, 0.717) is 13.0 Å². The number of hydrogen-bond donors (Lipinski definition) is 1. The minimum absolute atomic E-state index is 0.0210. The van der Waals surface area contributed by atoms with Crippen molar-refractivity contribution in [1.82, 2.24) is 15.1 Å². The van der Waals surface area contributed by atoms with Crippen LogP contribution in [0.4, 0.5) is 5.69 Å². The predicted molar refractivity (Wildman–Crippen MR) is 102 cm³/mol. The molecule has 0 atom stereocenters. The van der Waals surface area contributed by atoms with Crippen molar-refractivity contribution in [3.8, 4) is 5.69 Å². The number of para-hydroxylation sites is 1. The van der Waals surface area contributed by atoms with E-state index in [1.54, 1.807) is 29.1 Å². The molecule has 27 heavy (non-hydrogen) atoms. The van der Waals surface area contributed by atoms with Crippen LogP contribution in [-0.4, -0.2) is 27.2 Å². The number of carbonyl (C=O) groups is 1. The lowest BCUT2D eigenvalue weighted by atomic mass is 10.2. The van der Waals surface area contributed by atoms with Crippen molar-refractivity contribution in [1.29, 1.82) is 0 Å². The van der Waals surface area contributed by atoms with Crippen LogP contribution in [0, 0.1) is 10.1 Å². The second-order valence-electron chi connectivity index (χ2n) is 5.85. The Balaban J connectivity index is 1.47. The van der Waals surface area contributed by atoms with Crippen molar-refractivity contribution in [3.63, 3.8) is 0 Å². The number of nitro groups is 1. The van der Waals surface area contributed by atoms with Crippen LogP contribution < -0.4 is 5.32 Å². The molecule has 7 heteroatoms. The molecular weight excluding hydrogens is 344 g/mol. The number of nitrogens with one attached hydrogen (secondary N) is 1. The van der Waals surface area contributed by atoms with Crippen molar-refractivity contribution in [2.45, 2.75) is 6.42 Å². The highest BCUT2D eigenvalue weighted by Gasteiger charge is 2.03. The number of nitro benzene ring substituents is 1. The fraction of sp³-hybridized carbons (Fsp3) is 0.100. The Bertz CT molecular complexity index is 947.